The van der Waals surface area contributed by atoms with Gasteiger partial charge in [0.05, 0.1) is 6.61 Å². The number of rotatable bonds is 1. The smallest absolute Gasteiger partial charge is 0.122 e. The number of benzene rings is 1. The van der Waals surface area contributed by atoms with Gasteiger partial charge < -0.3 is 4.74 Å². The Morgan fingerprint density at radius 1 is 1.20 bits per heavy atom. The molecule has 15 heavy (non-hydrogen) atoms. The van der Waals surface area contributed by atoms with Gasteiger partial charge in [0.25, 0.3) is 0 Å². The average molecular weight is 205 g/mol. The summed E-state index contributed by atoms with van der Waals surface area (Å²) >= 11 is 0. The Bertz CT molecular complexity index is 314. The molecule has 0 radical (unpaired) electrons. The maximum Gasteiger partial charge on any atom is 0.122 e. The molecule has 3 heteroatoms. The highest BCUT2D eigenvalue weighted by Gasteiger charge is 2.36. The van der Waals surface area contributed by atoms with Crippen molar-refractivity contribution in [3.05, 3.63) is 35.9 Å². The minimum atomic E-state index is 0.220. The third-order valence-corrected chi connectivity index (χ3v) is 3.14. The number of hydrogen-bond acceptors (Lipinski definition) is 3. The van der Waals surface area contributed by atoms with E-state index in [9.17, 15) is 0 Å². The van der Waals surface area contributed by atoms with Gasteiger partial charge in [-0.1, -0.05) is 30.3 Å². The van der Waals surface area contributed by atoms with E-state index in [0.29, 0.717) is 12.8 Å². The first-order chi connectivity index (χ1) is 7.43. The van der Waals surface area contributed by atoms with Gasteiger partial charge in [-0.05, 0) is 18.4 Å². The summed E-state index contributed by atoms with van der Waals surface area (Å²) in [7, 11) is 0. The second-order valence-electron chi connectivity index (χ2n) is 4.14. The van der Waals surface area contributed by atoms with Crippen LogP contribution < -0.4 is 0 Å². The van der Waals surface area contributed by atoms with Gasteiger partial charge in [0.15, 0.2) is 0 Å². The molecule has 0 spiro atoms. The van der Waals surface area contributed by atoms with Crippen LogP contribution in [-0.2, 0) is 9.57 Å². The molecule has 0 aromatic heterocycles. The van der Waals surface area contributed by atoms with Crippen LogP contribution >= 0.6 is 0 Å². The number of fused-ring (bicyclic) bond motifs is 1. The summed E-state index contributed by atoms with van der Waals surface area (Å²) in [6, 6.07) is 11.0. The lowest BCUT2D eigenvalue weighted by Gasteiger charge is -2.26. The Labute approximate surface area is 89.6 Å². The highest BCUT2D eigenvalue weighted by molar-refractivity contribution is 5.18. The zero-order valence-corrected chi connectivity index (χ0v) is 8.63. The molecule has 2 saturated heterocycles. The molecule has 0 bridgehead atoms. The van der Waals surface area contributed by atoms with Crippen LogP contribution in [0.25, 0.3) is 0 Å². The summed E-state index contributed by atoms with van der Waals surface area (Å²) in [5.74, 6) is 0. The van der Waals surface area contributed by atoms with E-state index in [1.807, 2.05) is 11.1 Å². The third-order valence-electron chi connectivity index (χ3n) is 3.14. The van der Waals surface area contributed by atoms with Crippen molar-refractivity contribution in [2.24, 2.45) is 0 Å². The van der Waals surface area contributed by atoms with Gasteiger partial charge in [0, 0.05) is 6.04 Å². The second-order valence-corrected chi connectivity index (χ2v) is 4.14. The maximum atomic E-state index is 5.86. The molecule has 2 atom stereocenters. The summed E-state index contributed by atoms with van der Waals surface area (Å²) in [5.41, 5.74) is 1.27. The molecule has 0 aliphatic carbocycles. The molecule has 0 N–H and O–H groups in total. The van der Waals surface area contributed by atoms with E-state index < -0.39 is 0 Å². The van der Waals surface area contributed by atoms with E-state index in [4.69, 9.17) is 9.57 Å². The van der Waals surface area contributed by atoms with Gasteiger partial charge in [-0.2, -0.15) is 5.06 Å². The fraction of sp³-hybridized carbons (Fsp3) is 0.500. The molecule has 1 aromatic rings. The molecule has 0 amide bonds. The second kappa shape index (κ2) is 3.93. The molecule has 3 rings (SSSR count). The van der Waals surface area contributed by atoms with Crippen LogP contribution in [0.1, 0.15) is 24.5 Å². The van der Waals surface area contributed by atoms with Gasteiger partial charge >= 0.3 is 0 Å². The lowest BCUT2D eigenvalue weighted by molar-refractivity contribution is -0.231. The minimum Gasteiger partial charge on any atom is -0.364 e. The van der Waals surface area contributed by atoms with Crippen molar-refractivity contribution in [3.63, 3.8) is 0 Å². The summed E-state index contributed by atoms with van der Waals surface area (Å²) in [6.45, 7) is 1.49. The van der Waals surface area contributed by atoms with Crippen molar-refractivity contribution < 1.29 is 9.57 Å². The molecule has 2 heterocycles. The number of nitrogens with zero attached hydrogens (tertiary/aromatic N) is 1. The first-order valence-corrected chi connectivity index (χ1v) is 5.49. The SMILES string of the molecule is c1ccc([C@H]2C[C@@H]3CCOCN3O2)cc1. The van der Waals surface area contributed by atoms with Gasteiger partial charge in [-0.15, -0.1) is 0 Å². The minimum absolute atomic E-state index is 0.220. The van der Waals surface area contributed by atoms with Crippen LogP contribution in [0, 0.1) is 0 Å². The van der Waals surface area contributed by atoms with E-state index in [0.717, 1.165) is 19.4 Å². The van der Waals surface area contributed by atoms with E-state index in [-0.39, 0.29) is 6.10 Å². The Balaban J connectivity index is 1.75. The van der Waals surface area contributed by atoms with E-state index >= 15 is 0 Å². The van der Waals surface area contributed by atoms with Crippen molar-refractivity contribution in [1.29, 1.82) is 0 Å². The van der Waals surface area contributed by atoms with Crippen LogP contribution in [0.2, 0.25) is 0 Å². The van der Waals surface area contributed by atoms with Crippen molar-refractivity contribution in [3.8, 4) is 0 Å². The third kappa shape index (κ3) is 1.78. The monoisotopic (exact) mass is 205 g/mol. The number of ether oxygens (including phenoxy) is 1. The Hall–Kier alpha value is -0.900. The topological polar surface area (TPSA) is 21.7 Å². The molecule has 2 aliphatic rings. The van der Waals surface area contributed by atoms with Crippen molar-refractivity contribution in [2.75, 3.05) is 13.3 Å². The van der Waals surface area contributed by atoms with Crippen LogP contribution in [0.3, 0.4) is 0 Å². The molecular weight excluding hydrogens is 190 g/mol. The summed E-state index contributed by atoms with van der Waals surface area (Å²) in [4.78, 5) is 5.86. The van der Waals surface area contributed by atoms with Crippen LogP contribution in [0.4, 0.5) is 0 Å². The molecule has 2 aliphatic heterocycles. The van der Waals surface area contributed by atoms with Crippen LogP contribution in [0.15, 0.2) is 30.3 Å². The number of hydroxylamine groups is 2. The van der Waals surface area contributed by atoms with Gasteiger partial charge in [-0.3, -0.25) is 4.84 Å². The van der Waals surface area contributed by atoms with Crippen molar-refractivity contribution >= 4 is 0 Å². The van der Waals surface area contributed by atoms with Crippen molar-refractivity contribution in [1.82, 2.24) is 5.06 Å². The molecule has 1 aromatic carbocycles. The Kier molecular flexibility index (Phi) is 2.44. The zero-order valence-electron chi connectivity index (χ0n) is 8.63. The average Bonchev–Trinajstić information content (AvgIpc) is 2.74. The fourth-order valence-corrected chi connectivity index (χ4v) is 2.29. The van der Waals surface area contributed by atoms with Gasteiger partial charge in [0.2, 0.25) is 0 Å². The highest BCUT2D eigenvalue weighted by atomic mass is 16.7. The number of hydrogen-bond donors (Lipinski definition) is 0. The predicted octanol–water partition coefficient (Wildman–Crippen LogP) is 2.11. The fourth-order valence-electron chi connectivity index (χ4n) is 2.29. The first-order valence-electron chi connectivity index (χ1n) is 5.49. The molecule has 3 nitrogen and oxygen atoms in total. The summed E-state index contributed by atoms with van der Waals surface area (Å²) < 4.78 is 5.37. The largest absolute Gasteiger partial charge is 0.364 e. The standard InChI is InChI=1S/C12H15NO2/c1-2-4-10(5-3-1)12-8-11-6-7-14-9-13(11)15-12/h1-5,11-12H,6-9H2/t11-,12+/m0/s1. The molecule has 0 saturated carbocycles. The Morgan fingerprint density at radius 3 is 2.87 bits per heavy atom. The molecule has 2 fully saturated rings. The predicted molar refractivity (Wildman–Crippen MR) is 55.9 cm³/mol. The molecular formula is C12H15NO2. The molecule has 80 valence electrons. The van der Waals surface area contributed by atoms with Crippen molar-refractivity contribution in [2.45, 2.75) is 25.0 Å². The quantitative estimate of drug-likeness (QED) is 0.701. The summed E-state index contributed by atoms with van der Waals surface area (Å²) in [5, 5.41) is 1.99. The van der Waals surface area contributed by atoms with E-state index in [1.165, 1.54) is 5.56 Å². The van der Waals surface area contributed by atoms with E-state index in [2.05, 4.69) is 24.3 Å². The van der Waals surface area contributed by atoms with Crippen LogP contribution in [-0.4, -0.2) is 24.4 Å². The molecule has 0 unspecified atom stereocenters. The lowest BCUT2D eigenvalue weighted by Crippen LogP contribution is -2.36. The normalized spacial score (nSPS) is 31.5. The van der Waals surface area contributed by atoms with Gasteiger partial charge in [-0.25, -0.2) is 0 Å². The summed E-state index contributed by atoms with van der Waals surface area (Å²) in [6.07, 6.45) is 2.40. The highest BCUT2D eigenvalue weighted by Crippen LogP contribution is 2.35. The lowest BCUT2D eigenvalue weighted by atomic mass is 10.0. The zero-order chi connectivity index (χ0) is 10.1. The first kappa shape index (κ1) is 9.33. The Morgan fingerprint density at radius 2 is 2.07 bits per heavy atom. The van der Waals surface area contributed by atoms with Crippen LogP contribution in [0.5, 0.6) is 0 Å². The van der Waals surface area contributed by atoms with Gasteiger partial charge in [0.1, 0.15) is 12.8 Å². The maximum absolute atomic E-state index is 5.86. The van der Waals surface area contributed by atoms with E-state index in [1.54, 1.807) is 0 Å².